The topological polar surface area (TPSA) is 77.4 Å². The monoisotopic (exact) mass is 404 g/mol. The van der Waals surface area contributed by atoms with E-state index in [1.807, 2.05) is 75.5 Å². The molecule has 0 amide bonds. The highest BCUT2D eigenvalue weighted by atomic mass is 16.5. The first-order valence-electron chi connectivity index (χ1n) is 9.83. The molecule has 7 nitrogen and oxygen atoms in total. The van der Waals surface area contributed by atoms with Crippen LogP contribution in [0.1, 0.15) is 17.2 Å². The molecule has 0 bridgehead atoms. The Balaban J connectivity index is 1.40. The molecule has 4 rings (SSSR count). The minimum absolute atomic E-state index is 0.409. The Morgan fingerprint density at radius 3 is 2.53 bits per heavy atom. The van der Waals surface area contributed by atoms with E-state index in [0.29, 0.717) is 36.4 Å². The summed E-state index contributed by atoms with van der Waals surface area (Å²) >= 11 is 0. The second-order valence-corrected chi connectivity index (χ2v) is 7.18. The fourth-order valence-corrected chi connectivity index (χ4v) is 3.18. The molecule has 0 saturated carbocycles. The highest BCUT2D eigenvalue weighted by Crippen LogP contribution is 2.33. The van der Waals surface area contributed by atoms with Crippen molar-refractivity contribution in [2.75, 3.05) is 20.2 Å². The van der Waals surface area contributed by atoms with E-state index in [4.69, 9.17) is 13.7 Å². The fourth-order valence-electron chi connectivity index (χ4n) is 3.18. The summed E-state index contributed by atoms with van der Waals surface area (Å²) in [6, 6.07) is 17.8. The standard InChI is InChI=1S/C23H24N4O3/c1-16-9-7-8-12-19(16)28-14-13-27(3)15-20-24-25-23(29-20)21-17(2)30-26-22(21)18-10-5-4-6-11-18/h4-12H,13-15H2,1-3H3. The first kappa shape index (κ1) is 19.8. The number of aromatic nitrogens is 3. The van der Waals surface area contributed by atoms with E-state index in [0.717, 1.165) is 29.0 Å². The van der Waals surface area contributed by atoms with Crippen molar-refractivity contribution in [1.82, 2.24) is 20.3 Å². The maximum atomic E-state index is 5.92. The molecule has 0 radical (unpaired) electrons. The zero-order valence-corrected chi connectivity index (χ0v) is 17.3. The van der Waals surface area contributed by atoms with E-state index in [1.54, 1.807) is 0 Å². The van der Waals surface area contributed by atoms with Crippen LogP contribution in [0.5, 0.6) is 5.75 Å². The Kier molecular flexibility index (Phi) is 5.90. The summed E-state index contributed by atoms with van der Waals surface area (Å²) in [7, 11) is 1.99. The summed E-state index contributed by atoms with van der Waals surface area (Å²) in [6.07, 6.45) is 0. The van der Waals surface area contributed by atoms with Crippen molar-refractivity contribution < 1.29 is 13.7 Å². The zero-order valence-electron chi connectivity index (χ0n) is 17.3. The van der Waals surface area contributed by atoms with E-state index in [1.165, 1.54) is 0 Å². The summed E-state index contributed by atoms with van der Waals surface area (Å²) in [5, 5.41) is 12.6. The summed E-state index contributed by atoms with van der Waals surface area (Å²) in [5.41, 5.74) is 3.49. The third-order valence-electron chi connectivity index (χ3n) is 4.82. The van der Waals surface area contributed by atoms with Crippen molar-refractivity contribution in [3.05, 3.63) is 71.8 Å². The maximum absolute atomic E-state index is 5.92. The molecule has 0 saturated heterocycles. The van der Waals surface area contributed by atoms with Gasteiger partial charge in [-0.25, -0.2) is 0 Å². The molecule has 4 aromatic rings. The van der Waals surface area contributed by atoms with Crippen LogP contribution in [0.3, 0.4) is 0 Å². The van der Waals surface area contributed by atoms with Crippen LogP contribution < -0.4 is 4.74 Å². The summed E-state index contributed by atoms with van der Waals surface area (Å²) in [5.74, 6) is 2.49. The number of hydrogen-bond donors (Lipinski definition) is 0. The Labute approximate surface area is 175 Å². The van der Waals surface area contributed by atoms with Crippen LogP contribution in [0.4, 0.5) is 0 Å². The van der Waals surface area contributed by atoms with Crippen LogP contribution in [-0.4, -0.2) is 40.5 Å². The quantitative estimate of drug-likeness (QED) is 0.427. The molecule has 0 aliphatic rings. The number of nitrogens with zero attached hydrogens (tertiary/aromatic N) is 4. The van der Waals surface area contributed by atoms with Crippen molar-refractivity contribution in [1.29, 1.82) is 0 Å². The number of hydrogen-bond acceptors (Lipinski definition) is 7. The molecule has 0 aliphatic heterocycles. The first-order valence-corrected chi connectivity index (χ1v) is 9.83. The fraction of sp³-hybridized carbons (Fsp3) is 0.261. The number of likely N-dealkylation sites (N-methyl/N-ethyl adjacent to an activating group) is 1. The molecule has 2 heterocycles. The van der Waals surface area contributed by atoms with Gasteiger partial charge in [0.15, 0.2) is 0 Å². The Bertz CT molecular complexity index is 1100. The van der Waals surface area contributed by atoms with Gasteiger partial charge in [-0.2, -0.15) is 0 Å². The van der Waals surface area contributed by atoms with Crippen LogP contribution >= 0.6 is 0 Å². The van der Waals surface area contributed by atoms with Gasteiger partial charge < -0.3 is 13.7 Å². The van der Waals surface area contributed by atoms with Gasteiger partial charge in [-0.1, -0.05) is 53.7 Å². The Morgan fingerprint density at radius 1 is 0.967 bits per heavy atom. The lowest BCUT2D eigenvalue weighted by Crippen LogP contribution is -2.24. The smallest absolute Gasteiger partial charge is 0.253 e. The lowest BCUT2D eigenvalue weighted by atomic mass is 10.1. The second kappa shape index (κ2) is 8.92. The molecule has 154 valence electrons. The highest BCUT2D eigenvalue weighted by molar-refractivity contribution is 5.77. The zero-order chi connectivity index (χ0) is 20.9. The summed E-state index contributed by atoms with van der Waals surface area (Å²) < 4.78 is 17.2. The van der Waals surface area contributed by atoms with Crippen molar-refractivity contribution in [2.24, 2.45) is 0 Å². The summed E-state index contributed by atoms with van der Waals surface area (Å²) in [6.45, 7) is 5.71. The highest BCUT2D eigenvalue weighted by Gasteiger charge is 2.22. The van der Waals surface area contributed by atoms with Gasteiger partial charge >= 0.3 is 0 Å². The van der Waals surface area contributed by atoms with Gasteiger partial charge in [0.1, 0.15) is 29.4 Å². The largest absolute Gasteiger partial charge is 0.492 e. The maximum Gasteiger partial charge on any atom is 0.253 e. The number of ether oxygens (including phenoxy) is 1. The molecular weight excluding hydrogens is 380 g/mol. The number of aryl methyl sites for hydroxylation is 2. The van der Waals surface area contributed by atoms with Crippen molar-refractivity contribution >= 4 is 0 Å². The lowest BCUT2D eigenvalue weighted by Gasteiger charge is -2.15. The van der Waals surface area contributed by atoms with E-state index >= 15 is 0 Å². The molecule has 0 spiro atoms. The Hall–Kier alpha value is -3.45. The number of benzene rings is 2. The van der Waals surface area contributed by atoms with E-state index in [9.17, 15) is 0 Å². The molecule has 2 aromatic carbocycles. The first-order chi connectivity index (χ1) is 14.6. The van der Waals surface area contributed by atoms with E-state index in [-0.39, 0.29) is 0 Å². The van der Waals surface area contributed by atoms with Crippen molar-refractivity contribution in [3.8, 4) is 28.5 Å². The van der Waals surface area contributed by atoms with Gasteiger partial charge in [0.05, 0.1) is 6.54 Å². The molecule has 2 aromatic heterocycles. The molecule has 30 heavy (non-hydrogen) atoms. The van der Waals surface area contributed by atoms with Crippen LogP contribution in [0, 0.1) is 13.8 Å². The second-order valence-electron chi connectivity index (χ2n) is 7.18. The molecule has 7 heteroatoms. The molecule has 0 unspecified atom stereocenters. The van der Waals surface area contributed by atoms with Crippen LogP contribution in [0.2, 0.25) is 0 Å². The SMILES string of the molecule is Cc1ccccc1OCCN(C)Cc1nnc(-c2c(-c3ccccc3)noc2C)o1. The van der Waals surface area contributed by atoms with Crippen LogP contribution in [-0.2, 0) is 6.54 Å². The average Bonchev–Trinajstić information content (AvgIpc) is 3.36. The molecule has 0 atom stereocenters. The van der Waals surface area contributed by atoms with Crippen LogP contribution in [0.25, 0.3) is 22.7 Å². The minimum atomic E-state index is 0.409. The Morgan fingerprint density at radius 2 is 1.73 bits per heavy atom. The number of rotatable bonds is 8. The third kappa shape index (κ3) is 4.41. The van der Waals surface area contributed by atoms with E-state index < -0.39 is 0 Å². The van der Waals surface area contributed by atoms with Gasteiger partial charge in [0.2, 0.25) is 5.89 Å². The van der Waals surface area contributed by atoms with Gasteiger partial charge in [0.25, 0.3) is 5.89 Å². The molecule has 0 fully saturated rings. The summed E-state index contributed by atoms with van der Waals surface area (Å²) in [4.78, 5) is 2.08. The van der Waals surface area contributed by atoms with Crippen LogP contribution in [0.15, 0.2) is 63.5 Å². The molecular formula is C23H24N4O3. The van der Waals surface area contributed by atoms with Crippen molar-refractivity contribution in [3.63, 3.8) is 0 Å². The lowest BCUT2D eigenvalue weighted by molar-refractivity contribution is 0.219. The number of para-hydroxylation sites is 1. The average molecular weight is 404 g/mol. The third-order valence-corrected chi connectivity index (χ3v) is 4.82. The minimum Gasteiger partial charge on any atom is -0.492 e. The molecule has 0 N–H and O–H groups in total. The van der Waals surface area contributed by atoms with E-state index in [2.05, 4.69) is 20.3 Å². The normalized spacial score (nSPS) is 11.2. The predicted octanol–water partition coefficient (Wildman–Crippen LogP) is 4.52. The van der Waals surface area contributed by atoms with Gasteiger partial charge in [-0.3, -0.25) is 4.90 Å². The van der Waals surface area contributed by atoms with Gasteiger partial charge in [0, 0.05) is 12.1 Å². The molecule has 0 aliphatic carbocycles. The van der Waals surface area contributed by atoms with Gasteiger partial charge in [-0.05, 0) is 32.5 Å². The van der Waals surface area contributed by atoms with Crippen molar-refractivity contribution in [2.45, 2.75) is 20.4 Å². The van der Waals surface area contributed by atoms with Gasteiger partial charge in [-0.15, -0.1) is 10.2 Å². The predicted molar refractivity (Wildman–Crippen MR) is 113 cm³/mol.